The predicted octanol–water partition coefficient (Wildman–Crippen LogP) is 4.98. The second kappa shape index (κ2) is 8.30. The van der Waals surface area contributed by atoms with Gasteiger partial charge in [-0.3, -0.25) is 9.55 Å². The van der Waals surface area contributed by atoms with E-state index in [2.05, 4.69) is 36.9 Å². The molecule has 5 rings (SSSR count). The monoisotopic (exact) mass is 432 g/mol. The molecule has 0 bridgehead atoms. The maximum absolute atomic E-state index is 6.08. The summed E-state index contributed by atoms with van der Waals surface area (Å²) in [5.41, 5.74) is 3.96. The van der Waals surface area contributed by atoms with Crippen molar-refractivity contribution in [3.63, 3.8) is 0 Å². The molecular formula is C22H17ClN6S. The summed E-state index contributed by atoms with van der Waals surface area (Å²) < 4.78 is 4.07. The van der Waals surface area contributed by atoms with E-state index >= 15 is 0 Å². The van der Waals surface area contributed by atoms with Crippen LogP contribution < -0.4 is 0 Å². The van der Waals surface area contributed by atoms with Gasteiger partial charge in [-0.15, -0.1) is 10.2 Å². The highest BCUT2D eigenvalue weighted by Gasteiger charge is 2.16. The summed E-state index contributed by atoms with van der Waals surface area (Å²) in [6.45, 7) is 0.682. The number of thioether (sulfide) groups is 1. The van der Waals surface area contributed by atoms with Crippen molar-refractivity contribution in [1.29, 1.82) is 0 Å². The molecule has 0 atom stereocenters. The Hall–Kier alpha value is -3.16. The molecule has 0 N–H and O–H groups in total. The molecule has 4 heterocycles. The lowest BCUT2D eigenvalue weighted by Gasteiger charge is -2.10. The first-order chi connectivity index (χ1) is 14.8. The Morgan fingerprint density at radius 3 is 2.67 bits per heavy atom. The molecule has 0 fully saturated rings. The van der Waals surface area contributed by atoms with Crippen LogP contribution in [-0.2, 0) is 12.3 Å². The second-order valence-corrected chi connectivity index (χ2v) is 8.13. The van der Waals surface area contributed by atoms with Crippen molar-refractivity contribution in [3.8, 4) is 11.4 Å². The van der Waals surface area contributed by atoms with Crippen LogP contribution in [-0.4, -0.2) is 29.1 Å². The van der Waals surface area contributed by atoms with Crippen molar-refractivity contribution in [2.24, 2.45) is 0 Å². The van der Waals surface area contributed by atoms with Crippen molar-refractivity contribution in [1.82, 2.24) is 29.1 Å². The normalized spacial score (nSPS) is 11.2. The molecule has 0 aliphatic rings. The fourth-order valence-corrected chi connectivity index (χ4v) is 4.23. The number of halogens is 1. The van der Waals surface area contributed by atoms with Crippen LogP contribution in [0.3, 0.4) is 0 Å². The first-order valence-electron chi connectivity index (χ1n) is 9.40. The van der Waals surface area contributed by atoms with Gasteiger partial charge in [-0.2, -0.15) is 0 Å². The van der Waals surface area contributed by atoms with E-state index in [1.54, 1.807) is 18.0 Å². The van der Waals surface area contributed by atoms with Gasteiger partial charge in [0.25, 0.3) is 0 Å². The van der Waals surface area contributed by atoms with Gasteiger partial charge < -0.3 is 4.40 Å². The summed E-state index contributed by atoms with van der Waals surface area (Å²) in [7, 11) is 0. The Balaban J connectivity index is 1.45. The van der Waals surface area contributed by atoms with Gasteiger partial charge in [-0.05, 0) is 29.8 Å². The number of benzene rings is 1. The molecule has 6 nitrogen and oxygen atoms in total. The smallest absolute Gasteiger partial charge is 0.192 e. The molecule has 0 unspecified atom stereocenters. The lowest BCUT2D eigenvalue weighted by atomic mass is 10.2. The van der Waals surface area contributed by atoms with Crippen LogP contribution in [0.5, 0.6) is 0 Å². The lowest BCUT2D eigenvalue weighted by molar-refractivity contribution is 0.714. The molecule has 148 valence electrons. The number of fused-ring (bicyclic) bond motifs is 1. The maximum Gasteiger partial charge on any atom is 0.192 e. The first kappa shape index (κ1) is 18.8. The van der Waals surface area contributed by atoms with Gasteiger partial charge in [0.1, 0.15) is 5.65 Å². The highest BCUT2D eigenvalue weighted by molar-refractivity contribution is 7.98. The summed E-state index contributed by atoms with van der Waals surface area (Å²) in [4.78, 5) is 8.90. The number of rotatable bonds is 6. The van der Waals surface area contributed by atoms with E-state index in [0.29, 0.717) is 17.3 Å². The predicted molar refractivity (Wildman–Crippen MR) is 119 cm³/mol. The average molecular weight is 433 g/mol. The Morgan fingerprint density at radius 1 is 0.933 bits per heavy atom. The molecule has 8 heteroatoms. The van der Waals surface area contributed by atoms with Crippen LogP contribution >= 0.6 is 23.4 Å². The molecule has 0 saturated heterocycles. The van der Waals surface area contributed by atoms with Crippen molar-refractivity contribution >= 4 is 29.0 Å². The molecule has 0 radical (unpaired) electrons. The van der Waals surface area contributed by atoms with E-state index in [1.165, 1.54) is 5.56 Å². The molecule has 1 aromatic carbocycles. The van der Waals surface area contributed by atoms with Gasteiger partial charge in [0.05, 0.1) is 17.3 Å². The van der Waals surface area contributed by atoms with Gasteiger partial charge >= 0.3 is 0 Å². The molecular weight excluding hydrogens is 416 g/mol. The SMILES string of the molecule is Clc1ccc2nc(CSc3nnc(-c4cccnc4)n3Cc3ccccc3)cn2c1. The van der Waals surface area contributed by atoms with Crippen LogP contribution in [0.4, 0.5) is 0 Å². The number of imidazole rings is 1. The zero-order valence-electron chi connectivity index (χ0n) is 15.9. The van der Waals surface area contributed by atoms with Gasteiger partial charge in [0.15, 0.2) is 11.0 Å². The maximum atomic E-state index is 6.08. The van der Waals surface area contributed by atoms with Crippen LogP contribution in [0.1, 0.15) is 11.3 Å². The van der Waals surface area contributed by atoms with E-state index in [-0.39, 0.29) is 0 Å². The quantitative estimate of drug-likeness (QED) is 0.354. The third kappa shape index (κ3) is 3.94. The van der Waals surface area contributed by atoms with E-state index in [9.17, 15) is 0 Å². The first-order valence-corrected chi connectivity index (χ1v) is 10.8. The minimum absolute atomic E-state index is 0.680. The Bertz CT molecular complexity index is 1280. The van der Waals surface area contributed by atoms with E-state index < -0.39 is 0 Å². The third-order valence-corrected chi connectivity index (χ3v) is 5.86. The molecule has 0 saturated carbocycles. The Morgan fingerprint density at radius 2 is 1.83 bits per heavy atom. The topological polar surface area (TPSA) is 60.9 Å². The van der Waals surface area contributed by atoms with Crippen molar-refractivity contribution in [3.05, 3.63) is 95.7 Å². The molecule has 0 aliphatic heterocycles. The largest absolute Gasteiger partial charge is 0.305 e. The minimum atomic E-state index is 0.680. The fourth-order valence-electron chi connectivity index (χ4n) is 3.24. The zero-order valence-corrected chi connectivity index (χ0v) is 17.5. The highest BCUT2D eigenvalue weighted by Crippen LogP contribution is 2.27. The van der Waals surface area contributed by atoms with Crippen LogP contribution in [0.25, 0.3) is 17.0 Å². The Labute approximate surface area is 182 Å². The van der Waals surface area contributed by atoms with E-state index in [0.717, 1.165) is 27.9 Å². The van der Waals surface area contributed by atoms with Crippen LogP contribution in [0, 0.1) is 0 Å². The minimum Gasteiger partial charge on any atom is -0.305 e. The average Bonchev–Trinajstić information content (AvgIpc) is 3.37. The second-order valence-electron chi connectivity index (χ2n) is 6.75. The lowest BCUT2D eigenvalue weighted by Crippen LogP contribution is -2.04. The number of hydrogen-bond donors (Lipinski definition) is 0. The number of pyridine rings is 2. The molecule has 0 amide bonds. The third-order valence-electron chi connectivity index (χ3n) is 4.63. The highest BCUT2D eigenvalue weighted by atomic mass is 35.5. The van der Waals surface area contributed by atoms with Gasteiger partial charge in [0.2, 0.25) is 0 Å². The van der Waals surface area contributed by atoms with Crippen molar-refractivity contribution in [2.75, 3.05) is 0 Å². The van der Waals surface area contributed by atoms with Gasteiger partial charge in [-0.25, -0.2) is 4.98 Å². The van der Waals surface area contributed by atoms with E-state index in [4.69, 9.17) is 11.6 Å². The summed E-state index contributed by atoms with van der Waals surface area (Å²) >= 11 is 7.69. The zero-order chi connectivity index (χ0) is 20.3. The summed E-state index contributed by atoms with van der Waals surface area (Å²) in [5, 5.41) is 10.4. The standard InChI is InChI=1S/C22H17ClN6S/c23-18-8-9-20-25-19(14-28(20)13-18)15-30-22-27-26-21(17-7-4-10-24-11-17)29(22)12-16-5-2-1-3-6-16/h1-11,13-14H,12,15H2. The summed E-state index contributed by atoms with van der Waals surface area (Å²) in [6.07, 6.45) is 7.42. The van der Waals surface area contributed by atoms with Gasteiger partial charge in [-0.1, -0.05) is 53.7 Å². The molecule has 5 aromatic rings. The molecule has 30 heavy (non-hydrogen) atoms. The number of aromatic nitrogens is 6. The fraction of sp³-hybridized carbons (Fsp3) is 0.0909. The van der Waals surface area contributed by atoms with Crippen molar-refractivity contribution < 1.29 is 0 Å². The molecule has 0 aliphatic carbocycles. The summed E-state index contributed by atoms with van der Waals surface area (Å²) in [5.74, 6) is 1.48. The Kier molecular flexibility index (Phi) is 5.21. The van der Waals surface area contributed by atoms with E-state index in [1.807, 2.05) is 65.5 Å². The number of hydrogen-bond acceptors (Lipinski definition) is 5. The molecule has 4 aromatic heterocycles. The number of nitrogens with zero attached hydrogens (tertiary/aromatic N) is 6. The van der Waals surface area contributed by atoms with Crippen LogP contribution in [0.2, 0.25) is 5.02 Å². The van der Waals surface area contributed by atoms with Crippen LogP contribution in [0.15, 0.2) is 84.5 Å². The van der Waals surface area contributed by atoms with Crippen molar-refractivity contribution in [2.45, 2.75) is 17.5 Å². The van der Waals surface area contributed by atoms with Gasteiger partial charge in [0, 0.05) is 36.1 Å². The summed E-state index contributed by atoms with van der Waals surface area (Å²) in [6, 6.07) is 18.0. The molecule has 0 spiro atoms.